The summed E-state index contributed by atoms with van der Waals surface area (Å²) in [6.45, 7) is -0.160. The monoisotopic (exact) mass is 278 g/mol. The smallest absolute Gasteiger partial charge is 0.348 e. The van der Waals surface area contributed by atoms with Gasteiger partial charge in [0.1, 0.15) is 5.82 Å². The maximum Gasteiger partial charge on any atom is 0.401 e. The van der Waals surface area contributed by atoms with Gasteiger partial charge in [-0.3, -0.25) is 4.79 Å². The average Bonchev–Trinajstić information content (AvgIpc) is 2.27. The van der Waals surface area contributed by atoms with Crippen molar-refractivity contribution in [1.82, 2.24) is 10.6 Å². The molecule has 0 saturated heterocycles. The van der Waals surface area contributed by atoms with Crippen LogP contribution in [0, 0.1) is 5.82 Å². The minimum Gasteiger partial charge on any atom is -0.348 e. The Bertz CT molecular complexity index is 434. The molecule has 7 heteroatoms. The zero-order valence-electron chi connectivity index (χ0n) is 10.2. The lowest BCUT2D eigenvalue weighted by atomic mass is 10.1. The third kappa shape index (κ3) is 5.69. The molecule has 1 amide bonds. The minimum absolute atomic E-state index is 0.284. The molecule has 0 heterocycles. The third-order valence-corrected chi connectivity index (χ3v) is 2.36. The van der Waals surface area contributed by atoms with Crippen LogP contribution in [0.4, 0.5) is 17.6 Å². The topological polar surface area (TPSA) is 41.1 Å². The molecular weight excluding hydrogens is 264 g/mol. The second kappa shape index (κ2) is 6.51. The van der Waals surface area contributed by atoms with Crippen LogP contribution in [-0.2, 0) is 4.79 Å². The van der Waals surface area contributed by atoms with Crippen molar-refractivity contribution >= 4 is 5.91 Å². The lowest BCUT2D eigenvalue weighted by Gasteiger charge is -2.15. The van der Waals surface area contributed by atoms with Gasteiger partial charge in [0.15, 0.2) is 0 Å². The van der Waals surface area contributed by atoms with E-state index in [0.29, 0.717) is 0 Å². The number of alkyl halides is 3. The Balaban J connectivity index is 2.43. The molecule has 0 fully saturated rings. The van der Waals surface area contributed by atoms with E-state index in [-0.39, 0.29) is 5.56 Å². The molecule has 1 aromatic rings. The number of hydrogen-bond acceptors (Lipinski definition) is 2. The van der Waals surface area contributed by atoms with Crippen LogP contribution < -0.4 is 10.6 Å². The Labute approximate surface area is 108 Å². The first kappa shape index (κ1) is 15.4. The van der Waals surface area contributed by atoms with Crippen molar-refractivity contribution in [2.75, 3.05) is 13.1 Å². The lowest BCUT2D eigenvalue weighted by molar-refractivity contribution is -0.128. The summed E-state index contributed by atoms with van der Waals surface area (Å²) in [6, 6.07) is 5.27. The molecule has 1 atom stereocenters. The third-order valence-electron chi connectivity index (χ3n) is 2.36. The van der Waals surface area contributed by atoms with Gasteiger partial charge in [0.25, 0.3) is 0 Å². The van der Waals surface area contributed by atoms with Crippen LogP contribution in [-0.4, -0.2) is 25.2 Å². The van der Waals surface area contributed by atoms with Crippen molar-refractivity contribution < 1.29 is 22.4 Å². The molecule has 0 bridgehead atoms. The van der Waals surface area contributed by atoms with Crippen LogP contribution in [0.3, 0.4) is 0 Å². The molecule has 0 spiro atoms. The zero-order valence-corrected chi connectivity index (χ0v) is 10.2. The maximum absolute atomic E-state index is 13.4. The van der Waals surface area contributed by atoms with Gasteiger partial charge in [-0.25, -0.2) is 4.39 Å². The van der Waals surface area contributed by atoms with E-state index in [4.69, 9.17) is 0 Å². The number of carbonyl (C=O) groups excluding carboxylic acids is 1. The van der Waals surface area contributed by atoms with Crippen molar-refractivity contribution in [2.45, 2.75) is 19.1 Å². The van der Waals surface area contributed by atoms with E-state index < -0.39 is 37.0 Å². The summed E-state index contributed by atoms with van der Waals surface area (Å²) in [5, 5.41) is 4.38. The number of rotatable bonds is 5. The van der Waals surface area contributed by atoms with E-state index in [1.807, 2.05) is 5.32 Å². The molecule has 0 radical (unpaired) electrons. The number of nitrogens with one attached hydrogen (secondary N) is 2. The molecule has 1 rings (SSSR count). The first-order chi connectivity index (χ1) is 8.79. The molecule has 0 aliphatic rings. The van der Waals surface area contributed by atoms with Crippen molar-refractivity contribution in [2.24, 2.45) is 0 Å². The Kier molecular flexibility index (Phi) is 5.29. The van der Waals surface area contributed by atoms with Crippen LogP contribution in [0.25, 0.3) is 0 Å². The average molecular weight is 278 g/mol. The van der Waals surface area contributed by atoms with Crippen LogP contribution in [0.1, 0.15) is 18.5 Å². The Morgan fingerprint density at radius 1 is 1.32 bits per heavy atom. The molecule has 0 aliphatic carbocycles. The van der Waals surface area contributed by atoms with Gasteiger partial charge in [0, 0.05) is 5.56 Å². The predicted molar refractivity (Wildman–Crippen MR) is 61.9 cm³/mol. The van der Waals surface area contributed by atoms with Gasteiger partial charge in [0.05, 0.1) is 19.1 Å². The number of halogens is 4. The van der Waals surface area contributed by atoms with Gasteiger partial charge in [-0.2, -0.15) is 13.2 Å². The Morgan fingerprint density at radius 2 is 1.95 bits per heavy atom. The fourth-order valence-electron chi connectivity index (χ4n) is 1.51. The Hall–Kier alpha value is -1.63. The fraction of sp³-hybridized carbons (Fsp3) is 0.417. The minimum atomic E-state index is -4.36. The molecular formula is C12H14F4N2O. The van der Waals surface area contributed by atoms with Gasteiger partial charge >= 0.3 is 6.18 Å². The van der Waals surface area contributed by atoms with Gasteiger partial charge in [-0.1, -0.05) is 18.2 Å². The van der Waals surface area contributed by atoms with Crippen molar-refractivity contribution in [3.05, 3.63) is 35.6 Å². The maximum atomic E-state index is 13.4. The van der Waals surface area contributed by atoms with Gasteiger partial charge < -0.3 is 10.6 Å². The first-order valence-electron chi connectivity index (χ1n) is 5.61. The summed E-state index contributed by atoms with van der Waals surface area (Å²) in [5.41, 5.74) is 0.284. The van der Waals surface area contributed by atoms with Crippen molar-refractivity contribution in [1.29, 1.82) is 0 Å². The summed E-state index contributed by atoms with van der Waals surface area (Å²) in [7, 11) is 0. The summed E-state index contributed by atoms with van der Waals surface area (Å²) in [5.74, 6) is -1.10. The standard InChI is InChI=1S/C12H14F4N2O/c1-8(9-4-2-3-5-10(9)13)18-11(19)6-17-7-12(14,15)16/h2-5,8,17H,6-7H2,1H3,(H,18,19). The number of amides is 1. The molecule has 106 valence electrons. The first-order valence-corrected chi connectivity index (χ1v) is 5.61. The summed E-state index contributed by atoms with van der Waals surface area (Å²) < 4.78 is 48.9. The van der Waals surface area contributed by atoms with E-state index in [1.54, 1.807) is 13.0 Å². The fourth-order valence-corrected chi connectivity index (χ4v) is 1.51. The molecule has 0 saturated carbocycles. The van der Waals surface area contributed by atoms with Crippen LogP contribution in [0.5, 0.6) is 0 Å². The summed E-state index contributed by atoms with van der Waals surface area (Å²) in [6.07, 6.45) is -4.36. The van der Waals surface area contributed by atoms with E-state index in [9.17, 15) is 22.4 Å². The number of hydrogen-bond donors (Lipinski definition) is 2. The highest BCUT2D eigenvalue weighted by atomic mass is 19.4. The van der Waals surface area contributed by atoms with E-state index in [1.165, 1.54) is 18.2 Å². The molecule has 1 unspecified atom stereocenters. The quantitative estimate of drug-likeness (QED) is 0.810. The normalized spacial score (nSPS) is 13.1. The molecule has 1 aromatic carbocycles. The summed E-state index contributed by atoms with van der Waals surface area (Å²) in [4.78, 5) is 11.4. The van der Waals surface area contributed by atoms with E-state index in [2.05, 4.69) is 5.32 Å². The van der Waals surface area contributed by atoms with Crippen molar-refractivity contribution in [3.8, 4) is 0 Å². The lowest BCUT2D eigenvalue weighted by Crippen LogP contribution is -2.39. The van der Waals surface area contributed by atoms with E-state index in [0.717, 1.165) is 0 Å². The number of benzene rings is 1. The number of carbonyl (C=O) groups is 1. The molecule has 3 nitrogen and oxygen atoms in total. The SMILES string of the molecule is CC(NC(=O)CNCC(F)(F)F)c1ccccc1F. The molecule has 0 aliphatic heterocycles. The van der Waals surface area contributed by atoms with E-state index >= 15 is 0 Å². The zero-order chi connectivity index (χ0) is 14.5. The molecule has 2 N–H and O–H groups in total. The highest BCUT2D eigenvalue weighted by Gasteiger charge is 2.26. The summed E-state index contributed by atoms with van der Waals surface area (Å²) >= 11 is 0. The second-order valence-electron chi connectivity index (χ2n) is 4.03. The predicted octanol–water partition coefficient (Wildman–Crippen LogP) is 2.15. The van der Waals surface area contributed by atoms with Crippen LogP contribution in [0.15, 0.2) is 24.3 Å². The highest BCUT2D eigenvalue weighted by molar-refractivity contribution is 5.78. The molecule has 19 heavy (non-hydrogen) atoms. The largest absolute Gasteiger partial charge is 0.401 e. The Morgan fingerprint density at radius 3 is 2.53 bits per heavy atom. The van der Waals surface area contributed by atoms with Crippen LogP contribution in [0.2, 0.25) is 0 Å². The van der Waals surface area contributed by atoms with Crippen molar-refractivity contribution in [3.63, 3.8) is 0 Å². The van der Waals surface area contributed by atoms with Gasteiger partial charge in [0.2, 0.25) is 5.91 Å². The van der Waals surface area contributed by atoms with Gasteiger partial charge in [-0.05, 0) is 13.0 Å². The van der Waals surface area contributed by atoms with Crippen LogP contribution >= 0.6 is 0 Å². The van der Waals surface area contributed by atoms with Gasteiger partial charge in [-0.15, -0.1) is 0 Å². The molecule has 0 aromatic heterocycles. The second-order valence-corrected chi connectivity index (χ2v) is 4.03. The highest BCUT2D eigenvalue weighted by Crippen LogP contribution is 2.15.